The van der Waals surface area contributed by atoms with Crippen LogP contribution < -0.4 is 14.4 Å². The lowest BCUT2D eigenvalue weighted by Crippen LogP contribution is -2.26. The maximum Gasteiger partial charge on any atom is 0.267 e. The fourth-order valence-corrected chi connectivity index (χ4v) is 4.48. The van der Waals surface area contributed by atoms with Crippen LogP contribution in [0.25, 0.3) is 0 Å². The summed E-state index contributed by atoms with van der Waals surface area (Å²) in [5.41, 5.74) is 1.00. The van der Waals surface area contributed by atoms with Crippen molar-refractivity contribution in [1.82, 2.24) is 0 Å². The van der Waals surface area contributed by atoms with Crippen LogP contribution in [-0.2, 0) is 10.0 Å². The van der Waals surface area contributed by atoms with Crippen molar-refractivity contribution < 1.29 is 17.9 Å². The Labute approximate surface area is 167 Å². The van der Waals surface area contributed by atoms with Gasteiger partial charge in [-0.1, -0.05) is 41.9 Å². The van der Waals surface area contributed by atoms with Crippen LogP contribution >= 0.6 is 11.6 Å². The average Bonchev–Trinajstić information content (AvgIpc) is 2.75. The minimum Gasteiger partial charge on any atom is -0.454 e. The van der Waals surface area contributed by atoms with Gasteiger partial charge in [0.2, 0.25) is 0 Å². The number of rotatable bonds is 2. The van der Waals surface area contributed by atoms with Crippen molar-refractivity contribution in [2.45, 2.75) is 4.90 Å². The number of benzene rings is 3. The second-order valence-corrected chi connectivity index (χ2v) is 8.49. The highest BCUT2D eigenvalue weighted by Crippen LogP contribution is 2.43. The zero-order chi connectivity index (χ0) is 19.9. The Morgan fingerprint density at radius 2 is 1.68 bits per heavy atom. The summed E-state index contributed by atoms with van der Waals surface area (Å²) in [5, 5.41) is 2.79. The topological polar surface area (TPSA) is 75.7 Å². The molecule has 0 saturated heterocycles. The van der Waals surface area contributed by atoms with E-state index in [2.05, 4.69) is 5.32 Å². The summed E-state index contributed by atoms with van der Waals surface area (Å²) in [6.07, 6.45) is 0. The second kappa shape index (κ2) is 6.85. The molecule has 0 radical (unpaired) electrons. The summed E-state index contributed by atoms with van der Waals surface area (Å²) in [5.74, 6) is -0.0680. The maximum absolute atomic E-state index is 13.1. The molecule has 0 fully saturated rings. The van der Waals surface area contributed by atoms with E-state index in [4.69, 9.17) is 16.3 Å². The van der Waals surface area contributed by atoms with Crippen LogP contribution in [0.2, 0.25) is 5.02 Å². The number of hydrogen-bond donors (Lipinski definition) is 1. The van der Waals surface area contributed by atoms with Gasteiger partial charge in [0.25, 0.3) is 15.9 Å². The normalized spacial score (nSPS) is 14.3. The highest BCUT2D eigenvalue weighted by molar-refractivity contribution is 7.93. The lowest BCUT2D eigenvalue weighted by Gasteiger charge is -2.18. The summed E-state index contributed by atoms with van der Waals surface area (Å²) >= 11 is 6.28. The van der Waals surface area contributed by atoms with Gasteiger partial charge >= 0.3 is 0 Å². The van der Waals surface area contributed by atoms with E-state index >= 15 is 0 Å². The molecular weight excluding hydrogens is 400 g/mol. The number of fused-ring (bicyclic) bond motifs is 2. The Morgan fingerprint density at radius 3 is 2.43 bits per heavy atom. The summed E-state index contributed by atoms with van der Waals surface area (Å²) < 4.78 is 33.1. The van der Waals surface area contributed by atoms with E-state index in [0.29, 0.717) is 17.1 Å². The van der Waals surface area contributed by atoms with Crippen LogP contribution in [0.4, 0.5) is 11.4 Å². The van der Waals surface area contributed by atoms with Gasteiger partial charge in [-0.25, -0.2) is 8.42 Å². The Hall–Kier alpha value is -3.03. The monoisotopic (exact) mass is 414 g/mol. The van der Waals surface area contributed by atoms with Crippen LogP contribution in [0.3, 0.4) is 0 Å². The minimum atomic E-state index is -3.95. The standard InChI is InChI=1S/C20H15ClN2O4S/c1-23-16-9-5-6-10-17(16)27-18-12-15(21)14(11-19(18)28(23,25)26)20(24)22-13-7-3-2-4-8-13/h2-12H,1H3,(H,22,24). The molecule has 3 aromatic rings. The van der Waals surface area contributed by atoms with Gasteiger partial charge in [0.15, 0.2) is 5.75 Å². The van der Waals surface area contributed by atoms with Crippen molar-refractivity contribution in [3.8, 4) is 11.5 Å². The number of carbonyl (C=O) groups is 1. The zero-order valence-electron chi connectivity index (χ0n) is 14.7. The second-order valence-electron chi connectivity index (χ2n) is 6.14. The summed E-state index contributed by atoms with van der Waals surface area (Å²) in [6.45, 7) is 0. The van der Waals surface area contributed by atoms with E-state index in [1.54, 1.807) is 48.5 Å². The van der Waals surface area contributed by atoms with Gasteiger partial charge in [0.1, 0.15) is 10.6 Å². The molecule has 3 aromatic carbocycles. The van der Waals surface area contributed by atoms with Crippen LogP contribution in [0.5, 0.6) is 11.5 Å². The third kappa shape index (κ3) is 3.08. The molecule has 1 heterocycles. The zero-order valence-corrected chi connectivity index (χ0v) is 16.3. The third-order valence-electron chi connectivity index (χ3n) is 4.37. The van der Waals surface area contributed by atoms with Gasteiger partial charge in [-0.2, -0.15) is 0 Å². The van der Waals surface area contributed by atoms with E-state index in [0.717, 1.165) is 4.31 Å². The fourth-order valence-electron chi connectivity index (χ4n) is 2.91. The van der Waals surface area contributed by atoms with Crippen molar-refractivity contribution in [2.24, 2.45) is 0 Å². The Bertz CT molecular complexity index is 1180. The van der Waals surface area contributed by atoms with Crippen molar-refractivity contribution >= 4 is 38.9 Å². The van der Waals surface area contributed by atoms with E-state index in [1.807, 2.05) is 6.07 Å². The number of ether oxygens (including phenoxy) is 1. The average molecular weight is 415 g/mol. The maximum atomic E-state index is 13.1. The highest BCUT2D eigenvalue weighted by atomic mass is 35.5. The lowest BCUT2D eigenvalue weighted by atomic mass is 10.2. The van der Waals surface area contributed by atoms with E-state index in [9.17, 15) is 13.2 Å². The smallest absolute Gasteiger partial charge is 0.267 e. The van der Waals surface area contributed by atoms with Gasteiger partial charge in [-0.15, -0.1) is 0 Å². The lowest BCUT2D eigenvalue weighted by molar-refractivity contribution is 0.102. The van der Waals surface area contributed by atoms with Crippen molar-refractivity contribution in [3.63, 3.8) is 0 Å². The Kier molecular flexibility index (Phi) is 4.49. The molecule has 8 heteroatoms. The number of carbonyl (C=O) groups excluding carboxylic acids is 1. The van der Waals surface area contributed by atoms with Gasteiger partial charge in [0, 0.05) is 18.8 Å². The Balaban J connectivity index is 1.81. The van der Waals surface area contributed by atoms with Crippen LogP contribution in [0.1, 0.15) is 10.4 Å². The molecule has 1 N–H and O–H groups in total. The summed E-state index contributed by atoms with van der Waals surface area (Å²) in [7, 11) is -2.51. The number of anilines is 2. The molecule has 28 heavy (non-hydrogen) atoms. The molecule has 1 aliphatic heterocycles. The number of nitrogens with zero attached hydrogens (tertiary/aromatic N) is 1. The molecule has 0 aliphatic carbocycles. The molecule has 6 nitrogen and oxygen atoms in total. The molecule has 0 aromatic heterocycles. The number of amides is 1. The first kappa shape index (κ1) is 18.3. The number of halogens is 1. The van der Waals surface area contributed by atoms with Crippen LogP contribution in [-0.4, -0.2) is 21.4 Å². The van der Waals surface area contributed by atoms with E-state index in [-0.39, 0.29) is 21.2 Å². The molecule has 0 saturated carbocycles. The van der Waals surface area contributed by atoms with Crippen LogP contribution in [0.15, 0.2) is 71.6 Å². The molecule has 0 unspecified atom stereocenters. The largest absolute Gasteiger partial charge is 0.454 e. The van der Waals surface area contributed by atoms with Gasteiger partial charge in [-0.05, 0) is 30.3 Å². The Morgan fingerprint density at radius 1 is 1.00 bits per heavy atom. The first-order chi connectivity index (χ1) is 13.4. The summed E-state index contributed by atoms with van der Waals surface area (Å²) in [4.78, 5) is 12.5. The first-order valence-corrected chi connectivity index (χ1v) is 10.2. The molecule has 142 valence electrons. The molecule has 4 rings (SSSR count). The molecule has 0 bridgehead atoms. The van der Waals surface area contributed by atoms with Crippen molar-refractivity contribution in [3.05, 3.63) is 77.3 Å². The summed E-state index contributed by atoms with van der Waals surface area (Å²) in [6, 6.07) is 18.2. The third-order valence-corrected chi connectivity index (χ3v) is 6.48. The van der Waals surface area contributed by atoms with Gasteiger partial charge in [-0.3, -0.25) is 9.10 Å². The number of hydrogen-bond acceptors (Lipinski definition) is 4. The molecule has 1 amide bonds. The molecule has 0 atom stereocenters. The number of sulfonamides is 1. The molecule has 1 aliphatic rings. The van der Waals surface area contributed by atoms with E-state index < -0.39 is 15.9 Å². The van der Waals surface area contributed by atoms with Crippen molar-refractivity contribution in [1.29, 1.82) is 0 Å². The predicted octanol–water partition coefficient (Wildman–Crippen LogP) is 4.52. The number of para-hydroxylation sites is 3. The SMILES string of the molecule is CN1c2ccccc2Oc2cc(Cl)c(C(=O)Nc3ccccc3)cc2S1(=O)=O. The quantitative estimate of drug-likeness (QED) is 0.668. The first-order valence-electron chi connectivity index (χ1n) is 8.33. The van der Waals surface area contributed by atoms with Crippen molar-refractivity contribution in [2.75, 3.05) is 16.7 Å². The number of nitrogens with one attached hydrogen (secondary N) is 1. The predicted molar refractivity (Wildman–Crippen MR) is 108 cm³/mol. The molecule has 0 spiro atoms. The van der Waals surface area contributed by atoms with E-state index in [1.165, 1.54) is 19.2 Å². The van der Waals surface area contributed by atoms with Gasteiger partial charge in [0.05, 0.1) is 16.3 Å². The van der Waals surface area contributed by atoms with Crippen LogP contribution in [0, 0.1) is 0 Å². The molecular formula is C20H15ClN2O4S. The fraction of sp³-hybridized carbons (Fsp3) is 0.0500. The van der Waals surface area contributed by atoms with Gasteiger partial charge < -0.3 is 10.1 Å². The minimum absolute atomic E-state index is 0.0378. The highest BCUT2D eigenvalue weighted by Gasteiger charge is 2.33.